The smallest absolute Gasteiger partial charge is 0.0465 e. The summed E-state index contributed by atoms with van der Waals surface area (Å²) in [5, 5.41) is 0. The fourth-order valence-electron chi connectivity index (χ4n) is 9.31. The van der Waals surface area contributed by atoms with E-state index in [-0.39, 0.29) is 5.41 Å². The van der Waals surface area contributed by atoms with Gasteiger partial charge in [0.15, 0.2) is 0 Å². The van der Waals surface area contributed by atoms with Crippen molar-refractivity contribution in [3.8, 4) is 33.4 Å². The van der Waals surface area contributed by atoms with E-state index in [1.54, 1.807) is 0 Å². The third-order valence-corrected chi connectivity index (χ3v) is 12.4. The second-order valence-corrected chi connectivity index (χ2v) is 15.4. The number of hydrogen-bond acceptors (Lipinski definition) is 2. The summed E-state index contributed by atoms with van der Waals surface area (Å²) in [6.07, 6.45) is 10.5. The highest BCUT2D eigenvalue weighted by Gasteiger charge is 2.41. The summed E-state index contributed by atoms with van der Waals surface area (Å²) in [6, 6.07) is 62.7. The van der Waals surface area contributed by atoms with Gasteiger partial charge in [-0.1, -0.05) is 147 Å². The average molecular weight is 727 g/mol. The lowest BCUT2D eigenvalue weighted by Crippen LogP contribution is -2.29. The van der Waals surface area contributed by atoms with E-state index in [9.17, 15) is 0 Å². The Kier molecular flexibility index (Phi) is 9.88. The Balaban J connectivity index is 1.02. The Morgan fingerprint density at radius 3 is 1.66 bits per heavy atom. The molecule has 2 aliphatic rings. The normalized spacial score (nSPS) is 14.4. The van der Waals surface area contributed by atoms with Crippen LogP contribution in [0.1, 0.15) is 68.2 Å². The first-order valence-corrected chi connectivity index (χ1v) is 20.6. The quantitative estimate of drug-likeness (QED) is 0.130. The van der Waals surface area contributed by atoms with E-state index >= 15 is 0 Å². The standard InChI is InChI=1S/C54H50N2/c1-3-54(4-2)51-37-41(27-32-48(51)49-33-31-47(39-52(49)54)56(45-19-11-6-12-20-45)46-21-13-7-14-22-46)24-23-40-25-28-43(29-26-40)50-38-44(42-17-9-5-10-18-42)30-34-53(50)55-35-15-8-16-36-55/h5-7,9-14,17-34,37-39H,3-4,8,15-16,35-36H2,1-2H3/b24-23+. The zero-order valence-corrected chi connectivity index (χ0v) is 32.7. The lowest BCUT2D eigenvalue weighted by atomic mass is 9.73. The number of rotatable bonds is 10. The molecule has 2 nitrogen and oxygen atoms in total. The molecular formula is C54H50N2. The number of hydrogen-bond donors (Lipinski definition) is 0. The monoisotopic (exact) mass is 726 g/mol. The molecule has 1 fully saturated rings. The molecule has 1 aliphatic carbocycles. The van der Waals surface area contributed by atoms with Crippen molar-refractivity contribution in [1.82, 2.24) is 0 Å². The number of fused-ring (bicyclic) bond motifs is 3. The molecule has 0 amide bonds. The molecule has 0 bridgehead atoms. The number of piperidine rings is 1. The summed E-state index contributed by atoms with van der Waals surface area (Å²) in [4.78, 5) is 4.97. The van der Waals surface area contributed by atoms with Crippen LogP contribution in [0, 0.1) is 0 Å². The van der Waals surface area contributed by atoms with Crippen LogP contribution in [0.15, 0.2) is 170 Å². The van der Waals surface area contributed by atoms with Crippen LogP contribution in [0.2, 0.25) is 0 Å². The van der Waals surface area contributed by atoms with E-state index in [1.165, 1.54) is 86.3 Å². The van der Waals surface area contributed by atoms with Gasteiger partial charge in [0.1, 0.15) is 0 Å². The highest BCUT2D eigenvalue weighted by molar-refractivity contribution is 5.88. The molecule has 0 atom stereocenters. The molecule has 0 saturated carbocycles. The second kappa shape index (κ2) is 15.6. The van der Waals surface area contributed by atoms with E-state index in [4.69, 9.17) is 0 Å². The number of nitrogens with zero attached hydrogens (tertiary/aromatic N) is 2. The summed E-state index contributed by atoms with van der Waals surface area (Å²) in [5.74, 6) is 0. The summed E-state index contributed by atoms with van der Waals surface area (Å²) in [6.45, 7) is 6.97. The molecule has 0 spiro atoms. The third kappa shape index (κ3) is 6.64. The summed E-state index contributed by atoms with van der Waals surface area (Å²) in [5.41, 5.74) is 18.0. The Morgan fingerprint density at radius 2 is 1.02 bits per heavy atom. The van der Waals surface area contributed by atoms with E-state index in [0.717, 1.165) is 37.3 Å². The van der Waals surface area contributed by atoms with Gasteiger partial charge in [0, 0.05) is 46.8 Å². The molecule has 2 heteroatoms. The minimum Gasteiger partial charge on any atom is -0.371 e. The Labute approximate surface area is 333 Å². The molecule has 276 valence electrons. The highest BCUT2D eigenvalue weighted by Crippen LogP contribution is 2.54. The largest absolute Gasteiger partial charge is 0.371 e. The van der Waals surface area contributed by atoms with E-state index in [2.05, 4.69) is 206 Å². The van der Waals surface area contributed by atoms with Crippen LogP contribution in [0.25, 0.3) is 45.5 Å². The minimum atomic E-state index is -0.0500. The van der Waals surface area contributed by atoms with Crippen LogP contribution < -0.4 is 9.80 Å². The summed E-state index contributed by atoms with van der Waals surface area (Å²) >= 11 is 0. The van der Waals surface area contributed by atoms with Crippen molar-refractivity contribution in [3.05, 3.63) is 192 Å². The van der Waals surface area contributed by atoms with Gasteiger partial charge >= 0.3 is 0 Å². The molecule has 1 aliphatic heterocycles. The third-order valence-electron chi connectivity index (χ3n) is 12.4. The molecule has 56 heavy (non-hydrogen) atoms. The molecule has 0 N–H and O–H groups in total. The first-order chi connectivity index (χ1) is 27.6. The Morgan fingerprint density at radius 1 is 0.464 bits per heavy atom. The molecule has 7 aromatic carbocycles. The molecule has 1 heterocycles. The average Bonchev–Trinajstić information content (AvgIpc) is 3.55. The zero-order valence-electron chi connectivity index (χ0n) is 32.7. The molecule has 0 aromatic heterocycles. The summed E-state index contributed by atoms with van der Waals surface area (Å²) in [7, 11) is 0. The van der Waals surface area contributed by atoms with Gasteiger partial charge in [-0.05, 0) is 131 Å². The van der Waals surface area contributed by atoms with Gasteiger partial charge in [-0.2, -0.15) is 0 Å². The van der Waals surface area contributed by atoms with Gasteiger partial charge in [0.05, 0.1) is 0 Å². The second-order valence-electron chi connectivity index (χ2n) is 15.4. The van der Waals surface area contributed by atoms with Crippen LogP contribution in [-0.2, 0) is 5.41 Å². The molecule has 0 unspecified atom stereocenters. The first-order valence-electron chi connectivity index (χ1n) is 20.6. The fraction of sp³-hybridized carbons (Fsp3) is 0.185. The highest BCUT2D eigenvalue weighted by atomic mass is 15.1. The van der Waals surface area contributed by atoms with Gasteiger partial charge in [-0.3, -0.25) is 0 Å². The van der Waals surface area contributed by atoms with Crippen molar-refractivity contribution in [1.29, 1.82) is 0 Å². The molecule has 1 saturated heterocycles. The predicted octanol–water partition coefficient (Wildman–Crippen LogP) is 14.7. The van der Waals surface area contributed by atoms with Gasteiger partial charge in [0.2, 0.25) is 0 Å². The maximum Gasteiger partial charge on any atom is 0.0465 e. The molecule has 9 rings (SSSR count). The lowest BCUT2D eigenvalue weighted by Gasteiger charge is -2.32. The zero-order chi connectivity index (χ0) is 37.9. The molecular weight excluding hydrogens is 677 g/mol. The van der Waals surface area contributed by atoms with Gasteiger partial charge < -0.3 is 9.80 Å². The topological polar surface area (TPSA) is 6.48 Å². The van der Waals surface area contributed by atoms with Gasteiger partial charge in [-0.25, -0.2) is 0 Å². The maximum absolute atomic E-state index is 2.59. The minimum absolute atomic E-state index is 0.0500. The van der Waals surface area contributed by atoms with Crippen molar-refractivity contribution >= 4 is 34.9 Å². The van der Waals surface area contributed by atoms with Gasteiger partial charge in [-0.15, -0.1) is 0 Å². The van der Waals surface area contributed by atoms with Crippen molar-refractivity contribution in [2.75, 3.05) is 22.9 Å². The molecule has 7 aromatic rings. The SMILES string of the molecule is CCC1(CC)c2cc(/C=C/c3ccc(-c4cc(-c5ccccc5)ccc4N4CCCCC4)cc3)ccc2-c2ccc(N(c3ccccc3)c3ccccc3)cc21. The number of anilines is 4. The Bertz CT molecular complexity index is 2410. The lowest BCUT2D eigenvalue weighted by molar-refractivity contribution is 0.490. The van der Waals surface area contributed by atoms with Crippen LogP contribution in [-0.4, -0.2) is 13.1 Å². The van der Waals surface area contributed by atoms with Crippen LogP contribution in [0.5, 0.6) is 0 Å². The number of benzene rings is 7. The number of para-hydroxylation sites is 2. The Hall–Kier alpha value is -6.12. The van der Waals surface area contributed by atoms with Crippen molar-refractivity contribution in [2.45, 2.75) is 51.4 Å². The van der Waals surface area contributed by atoms with Crippen LogP contribution in [0.3, 0.4) is 0 Å². The maximum atomic E-state index is 2.59. The van der Waals surface area contributed by atoms with E-state index in [1.807, 2.05) is 0 Å². The fourth-order valence-corrected chi connectivity index (χ4v) is 9.31. The van der Waals surface area contributed by atoms with E-state index < -0.39 is 0 Å². The van der Waals surface area contributed by atoms with Crippen molar-refractivity contribution in [3.63, 3.8) is 0 Å². The van der Waals surface area contributed by atoms with Crippen molar-refractivity contribution < 1.29 is 0 Å². The van der Waals surface area contributed by atoms with Crippen LogP contribution >= 0.6 is 0 Å². The predicted molar refractivity (Wildman–Crippen MR) is 240 cm³/mol. The summed E-state index contributed by atoms with van der Waals surface area (Å²) < 4.78 is 0. The first kappa shape index (κ1) is 35.6. The van der Waals surface area contributed by atoms with Crippen molar-refractivity contribution in [2.24, 2.45) is 0 Å². The van der Waals surface area contributed by atoms with Gasteiger partial charge in [0.25, 0.3) is 0 Å². The van der Waals surface area contributed by atoms with Crippen LogP contribution in [0.4, 0.5) is 22.7 Å². The molecule has 0 radical (unpaired) electrons. The van der Waals surface area contributed by atoms with E-state index in [0.29, 0.717) is 0 Å².